The van der Waals surface area contributed by atoms with Crippen LogP contribution in [0.25, 0.3) is 0 Å². The minimum Gasteiger partial charge on any atom is -0.497 e. The van der Waals surface area contributed by atoms with Crippen molar-refractivity contribution in [3.05, 3.63) is 88.1 Å². The van der Waals surface area contributed by atoms with Crippen molar-refractivity contribution in [2.24, 2.45) is 0 Å². The van der Waals surface area contributed by atoms with Crippen molar-refractivity contribution in [1.82, 2.24) is 10.2 Å². The maximum Gasteiger partial charge on any atom is 0.247 e. The maximum absolute atomic E-state index is 13.7. The van der Waals surface area contributed by atoms with Crippen LogP contribution in [0.1, 0.15) is 47.7 Å². The first kappa shape index (κ1) is 24.0. The number of nitrogens with zero attached hydrogens (tertiary/aromatic N) is 1. The van der Waals surface area contributed by atoms with Crippen LogP contribution < -0.4 is 10.1 Å². The number of hydrogen-bond donors (Lipinski definition) is 1. The summed E-state index contributed by atoms with van der Waals surface area (Å²) in [5.41, 5.74) is 1.90. The summed E-state index contributed by atoms with van der Waals surface area (Å²) in [6.07, 6.45) is 5.19. The van der Waals surface area contributed by atoms with E-state index in [2.05, 4.69) is 17.4 Å². The van der Waals surface area contributed by atoms with E-state index in [4.69, 9.17) is 4.74 Å². The van der Waals surface area contributed by atoms with Crippen LogP contribution in [0.15, 0.2) is 72.1 Å². The molecule has 3 aromatic rings. The molecule has 0 radical (unpaired) electrons. The van der Waals surface area contributed by atoms with Gasteiger partial charge in [0.2, 0.25) is 11.8 Å². The Hall–Kier alpha value is -3.12. The zero-order valence-electron chi connectivity index (χ0n) is 19.6. The minimum absolute atomic E-state index is 0.0484. The Bertz CT molecular complexity index is 1060. The van der Waals surface area contributed by atoms with E-state index in [-0.39, 0.29) is 24.3 Å². The zero-order valence-corrected chi connectivity index (χ0v) is 20.4. The van der Waals surface area contributed by atoms with Gasteiger partial charge in [-0.1, -0.05) is 61.4 Å². The Morgan fingerprint density at radius 2 is 1.85 bits per heavy atom. The summed E-state index contributed by atoms with van der Waals surface area (Å²) in [5, 5.41) is 5.21. The smallest absolute Gasteiger partial charge is 0.247 e. The molecule has 1 atom stereocenters. The van der Waals surface area contributed by atoms with Crippen molar-refractivity contribution in [1.29, 1.82) is 0 Å². The molecule has 1 fully saturated rings. The third-order valence-corrected chi connectivity index (χ3v) is 7.26. The lowest BCUT2D eigenvalue weighted by molar-refractivity contribution is -0.140. The lowest BCUT2D eigenvalue weighted by atomic mass is 10.0. The van der Waals surface area contributed by atoms with Gasteiger partial charge in [-0.25, -0.2) is 0 Å². The molecule has 0 saturated heterocycles. The van der Waals surface area contributed by atoms with E-state index in [0.29, 0.717) is 18.7 Å². The number of rotatable bonds is 10. The second kappa shape index (κ2) is 11.8. The van der Waals surface area contributed by atoms with Gasteiger partial charge in [-0.3, -0.25) is 9.59 Å². The van der Waals surface area contributed by atoms with Crippen molar-refractivity contribution in [2.75, 3.05) is 13.7 Å². The molecule has 1 heterocycles. The molecule has 4 rings (SSSR count). The summed E-state index contributed by atoms with van der Waals surface area (Å²) in [6.45, 7) is 0.453. The van der Waals surface area contributed by atoms with Gasteiger partial charge in [0.15, 0.2) is 0 Å². The number of nitrogens with one attached hydrogen (secondary N) is 1. The summed E-state index contributed by atoms with van der Waals surface area (Å²) in [7, 11) is 1.61. The van der Waals surface area contributed by atoms with Gasteiger partial charge in [-0.2, -0.15) is 0 Å². The van der Waals surface area contributed by atoms with Gasteiger partial charge in [0.25, 0.3) is 0 Å². The summed E-state index contributed by atoms with van der Waals surface area (Å²) < 4.78 is 5.44. The highest BCUT2D eigenvalue weighted by Crippen LogP contribution is 2.28. The van der Waals surface area contributed by atoms with Crippen molar-refractivity contribution < 1.29 is 14.3 Å². The molecule has 178 valence electrons. The average molecular weight is 477 g/mol. The molecule has 1 N–H and O–H groups in total. The number of benzene rings is 2. The predicted molar refractivity (Wildman–Crippen MR) is 136 cm³/mol. The first-order valence-electron chi connectivity index (χ1n) is 11.9. The molecule has 1 aliphatic rings. The average Bonchev–Trinajstić information content (AvgIpc) is 3.56. The predicted octanol–water partition coefficient (Wildman–Crippen LogP) is 5.17. The van der Waals surface area contributed by atoms with Crippen LogP contribution in [0, 0.1) is 0 Å². The summed E-state index contributed by atoms with van der Waals surface area (Å²) in [4.78, 5) is 30.1. The standard InChI is InChI=1S/C28H32N2O3S/c1-33-24-14-7-11-22(19-24)27(28(32)29-23-12-5-6-13-23)30(17-16-21-9-3-2-4-10-21)26(31)20-25-15-8-18-34-25/h2-4,7-11,14-15,18-19,23,27H,5-6,12-13,16-17,20H2,1H3,(H,29,32)/t27-/m1/s1. The van der Waals surface area contributed by atoms with Gasteiger partial charge in [0, 0.05) is 17.5 Å². The fourth-order valence-electron chi connectivity index (χ4n) is 4.59. The van der Waals surface area contributed by atoms with Crippen LogP contribution in [0.5, 0.6) is 5.75 Å². The fraction of sp³-hybridized carbons (Fsp3) is 0.357. The molecule has 0 aliphatic heterocycles. The van der Waals surface area contributed by atoms with E-state index in [0.717, 1.165) is 41.7 Å². The normalized spacial score (nSPS) is 14.5. The van der Waals surface area contributed by atoms with E-state index in [1.807, 2.05) is 60.0 Å². The zero-order chi connectivity index (χ0) is 23.8. The fourth-order valence-corrected chi connectivity index (χ4v) is 5.29. The molecular weight excluding hydrogens is 444 g/mol. The van der Waals surface area contributed by atoms with Gasteiger partial charge >= 0.3 is 0 Å². The van der Waals surface area contributed by atoms with Crippen molar-refractivity contribution >= 4 is 23.2 Å². The number of methoxy groups -OCH3 is 1. The summed E-state index contributed by atoms with van der Waals surface area (Å²) in [6, 6.07) is 21.0. The lowest BCUT2D eigenvalue weighted by Gasteiger charge is -2.32. The molecule has 34 heavy (non-hydrogen) atoms. The van der Waals surface area contributed by atoms with Crippen molar-refractivity contribution in [2.45, 2.75) is 50.6 Å². The topological polar surface area (TPSA) is 58.6 Å². The summed E-state index contributed by atoms with van der Waals surface area (Å²) >= 11 is 1.56. The SMILES string of the molecule is COc1cccc([C@H](C(=O)NC2CCCC2)N(CCc2ccccc2)C(=O)Cc2cccs2)c1. The Morgan fingerprint density at radius 3 is 2.56 bits per heavy atom. The van der Waals surface area contributed by atoms with Gasteiger partial charge in [-0.05, 0) is 54.0 Å². The Labute approximate surface area is 205 Å². The van der Waals surface area contributed by atoms with E-state index in [9.17, 15) is 9.59 Å². The van der Waals surface area contributed by atoms with Crippen LogP contribution in [0.3, 0.4) is 0 Å². The van der Waals surface area contributed by atoms with Crippen molar-refractivity contribution in [3.63, 3.8) is 0 Å². The third kappa shape index (κ3) is 6.26. The van der Waals surface area contributed by atoms with Crippen molar-refractivity contribution in [3.8, 4) is 5.75 Å². The first-order chi connectivity index (χ1) is 16.6. The van der Waals surface area contributed by atoms with Gasteiger partial charge < -0.3 is 15.0 Å². The highest BCUT2D eigenvalue weighted by molar-refractivity contribution is 7.10. The Morgan fingerprint density at radius 1 is 1.06 bits per heavy atom. The van der Waals surface area contributed by atoms with Crippen LogP contribution in [0.4, 0.5) is 0 Å². The van der Waals surface area contributed by atoms with E-state index in [1.165, 1.54) is 0 Å². The summed E-state index contributed by atoms with van der Waals surface area (Å²) in [5.74, 6) is 0.505. The first-order valence-corrected chi connectivity index (χ1v) is 12.8. The number of hydrogen-bond acceptors (Lipinski definition) is 4. The molecule has 2 aromatic carbocycles. The number of carbonyl (C=O) groups is 2. The lowest BCUT2D eigenvalue weighted by Crippen LogP contribution is -2.47. The van der Waals surface area contributed by atoms with E-state index in [1.54, 1.807) is 23.3 Å². The van der Waals surface area contributed by atoms with Crippen LogP contribution in [-0.2, 0) is 22.4 Å². The molecule has 2 amide bonds. The number of thiophene rings is 1. The number of amides is 2. The quantitative estimate of drug-likeness (QED) is 0.439. The van der Waals surface area contributed by atoms with Gasteiger partial charge in [0.05, 0.1) is 13.5 Å². The molecule has 1 aliphatic carbocycles. The van der Waals surface area contributed by atoms with Crippen LogP contribution in [0.2, 0.25) is 0 Å². The molecule has 0 bridgehead atoms. The van der Waals surface area contributed by atoms with Gasteiger partial charge in [0.1, 0.15) is 11.8 Å². The third-order valence-electron chi connectivity index (χ3n) is 6.38. The highest BCUT2D eigenvalue weighted by atomic mass is 32.1. The number of carbonyl (C=O) groups excluding carboxylic acids is 2. The Balaban J connectivity index is 1.66. The van der Waals surface area contributed by atoms with E-state index >= 15 is 0 Å². The van der Waals surface area contributed by atoms with Gasteiger partial charge in [-0.15, -0.1) is 11.3 Å². The molecular formula is C28H32N2O3S. The second-order valence-electron chi connectivity index (χ2n) is 8.75. The number of ether oxygens (including phenoxy) is 1. The Kier molecular flexibility index (Phi) is 8.36. The molecule has 5 nitrogen and oxygen atoms in total. The molecule has 6 heteroatoms. The molecule has 0 unspecified atom stereocenters. The minimum atomic E-state index is -0.716. The van der Waals surface area contributed by atoms with E-state index < -0.39 is 6.04 Å². The maximum atomic E-state index is 13.7. The highest BCUT2D eigenvalue weighted by Gasteiger charge is 2.33. The second-order valence-corrected chi connectivity index (χ2v) is 9.78. The largest absolute Gasteiger partial charge is 0.497 e. The van der Waals surface area contributed by atoms with Crippen LogP contribution >= 0.6 is 11.3 Å². The molecule has 1 aromatic heterocycles. The molecule has 1 saturated carbocycles. The molecule has 0 spiro atoms. The van der Waals surface area contributed by atoms with Crippen LogP contribution in [-0.4, -0.2) is 36.4 Å². The monoisotopic (exact) mass is 476 g/mol.